The maximum atomic E-state index is 15.0. The molecule has 0 radical (unpaired) electrons. The fraction of sp³-hybridized carbons (Fsp3) is 0.333. The van der Waals surface area contributed by atoms with Crippen molar-refractivity contribution >= 4 is 24.1 Å². The lowest BCUT2D eigenvalue weighted by Crippen LogP contribution is -2.30. The number of nitrogens with one attached hydrogen (secondary N) is 2. The van der Waals surface area contributed by atoms with Gasteiger partial charge in [0.1, 0.15) is 5.84 Å². The number of methoxy groups -OCH3 is 1. The third-order valence-electron chi connectivity index (χ3n) is 4.17. The van der Waals surface area contributed by atoms with Crippen molar-refractivity contribution in [2.45, 2.75) is 26.5 Å². The third-order valence-corrected chi connectivity index (χ3v) is 4.17. The molecule has 7 nitrogen and oxygen atoms in total. The SMILES string of the molecule is CCOc1ccc([C@H](OC)C(=O)NCc2ccc(C(=N)N)cc2)c(F)c1OCC.Cl. The normalized spacial score (nSPS) is 11.2. The average Bonchev–Trinajstić information content (AvgIpc) is 2.71. The van der Waals surface area contributed by atoms with Crippen LogP contribution in [0, 0.1) is 11.2 Å². The van der Waals surface area contributed by atoms with Crippen LogP contribution in [0.25, 0.3) is 0 Å². The summed E-state index contributed by atoms with van der Waals surface area (Å²) in [5, 5.41) is 10.1. The van der Waals surface area contributed by atoms with Crippen LogP contribution in [-0.2, 0) is 16.1 Å². The topological polar surface area (TPSA) is 107 Å². The first kappa shape index (κ1) is 25.2. The lowest BCUT2D eigenvalue weighted by molar-refractivity contribution is -0.131. The number of nitrogen functional groups attached to an aromatic ring is 1. The molecule has 0 saturated heterocycles. The highest BCUT2D eigenvalue weighted by Gasteiger charge is 2.27. The van der Waals surface area contributed by atoms with E-state index in [1.54, 1.807) is 44.2 Å². The molecule has 0 aromatic heterocycles. The van der Waals surface area contributed by atoms with Crippen molar-refractivity contribution in [2.75, 3.05) is 20.3 Å². The highest BCUT2D eigenvalue weighted by molar-refractivity contribution is 5.94. The fourth-order valence-corrected chi connectivity index (χ4v) is 2.76. The van der Waals surface area contributed by atoms with Gasteiger partial charge < -0.3 is 25.3 Å². The summed E-state index contributed by atoms with van der Waals surface area (Å²) in [5.74, 6) is -0.978. The second-order valence-corrected chi connectivity index (χ2v) is 6.11. The van der Waals surface area contributed by atoms with E-state index < -0.39 is 17.8 Å². The molecule has 4 N–H and O–H groups in total. The van der Waals surface area contributed by atoms with Crippen LogP contribution in [0.1, 0.15) is 36.6 Å². The Labute approximate surface area is 181 Å². The standard InChI is InChI=1S/C21H26FN3O4.ClH/c1-4-28-16-11-10-15(17(22)19(16)29-5-2)18(27-3)21(26)25-12-13-6-8-14(9-7-13)20(23)24;/h6-11,18H,4-5,12H2,1-3H3,(H3,23,24)(H,25,26);1H/t18-;/m0./s1. The second-order valence-electron chi connectivity index (χ2n) is 6.11. The summed E-state index contributed by atoms with van der Waals surface area (Å²) in [6.07, 6.45) is -1.15. The Morgan fingerprint density at radius 3 is 2.30 bits per heavy atom. The first-order chi connectivity index (χ1) is 13.9. The number of halogens is 2. The number of carbonyl (C=O) groups is 1. The molecule has 0 bridgehead atoms. The quantitative estimate of drug-likeness (QED) is 0.389. The number of nitrogens with two attached hydrogens (primary N) is 1. The van der Waals surface area contributed by atoms with E-state index in [-0.39, 0.29) is 48.5 Å². The minimum Gasteiger partial charge on any atom is -0.490 e. The molecule has 2 aromatic rings. The first-order valence-electron chi connectivity index (χ1n) is 9.24. The van der Waals surface area contributed by atoms with Gasteiger partial charge in [0.05, 0.1) is 13.2 Å². The van der Waals surface area contributed by atoms with E-state index >= 15 is 4.39 Å². The number of hydrogen-bond acceptors (Lipinski definition) is 5. The van der Waals surface area contributed by atoms with Gasteiger partial charge in [-0.1, -0.05) is 24.3 Å². The molecule has 0 saturated carbocycles. The van der Waals surface area contributed by atoms with Gasteiger partial charge in [0.15, 0.2) is 23.4 Å². The van der Waals surface area contributed by atoms with Crippen molar-refractivity contribution in [3.8, 4) is 11.5 Å². The van der Waals surface area contributed by atoms with Crippen molar-refractivity contribution in [3.63, 3.8) is 0 Å². The molecule has 0 spiro atoms. The van der Waals surface area contributed by atoms with Gasteiger partial charge in [0, 0.05) is 24.8 Å². The second kappa shape index (κ2) is 12.0. The monoisotopic (exact) mass is 439 g/mol. The van der Waals surface area contributed by atoms with Gasteiger partial charge in [-0.2, -0.15) is 0 Å². The Morgan fingerprint density at radius 1 is 1.13 bits per heavy atom. The van der Waals surface area contributed by atoms with Crippen molar-refractivity contribution in [3.05, 3.63) is 58.9 Å². The summed E-state index contributed by atoms with van der Waals surface area (Å²) in [7, 11) is 1.34. The zero-order valence-corrected chi connectivity index (χ0v) is 18.0. The number of amides is 1. The maximum Gasteiger partial charge on any atom is 0.254 e. The Hall–Kier alpha value is -2.84. The predicted octanol–water partition coefficient (Wildman–Crippen LogP) is 3.33. The van der Waals surface area contributed by atoms with Crippen LogP contribution >= 0.6 is 12.4 Å². The van der Waals surface area contributed by atoms with Crippen molar-refractivity contribution in [1.82, 2.24) is 5.32 Å². The fourth-order valence-electron chi connectivity index (χ4n) is 2.76. The zero-order chi connectivity index (χ0) is 21.4. The van der Waals surface area contributed by atoms with E-state index in [9.17, 15) is 4.79 Å². The van der Waals surface area contributed by atoms with E-state index in [1.807, 2.05) is 0 Å². The molecule has 9 heteroatoms. The van der Waals surface area contributed by atoms with Crippen molar-refractivity contribution < 1.29 is 23.4 Å². The highest BCUT2D eigenvalue weighted by atomic mass is 35.5. The summed E-state index contributed by atoms with van der Waals surface area (Å²) < 4.78 is 31.1. The number of benzene rings is 2. The molecule has 0 unspecified atom stereocenters. The molecule has 2 rings (SSSR count). The molecule has 0 aliphatic carbocycles. The number of hydrogen-bond donors (Lipinski definition) is 3. The van der Waals surface area contributed by atoms with Crippen LogP contribution in [0.15, 0.2) is 36.4 Å². The lowest BCUT2D eigenvalue weighted by Gasteiger charge is -2.19. The molecule has 0 aliphatic heterocycles. The molecule has 2 aromatic carbocycles. The van der Waals surface area contributed by atoms with Gasteiger partial charge in [0.2, 0.25) is 0 Å². The summed E-state index contributed by atoms with van der Waals surface area (Å²) in [4.78, 5) is 12.6. The smallest absolute Gasteiger partial charge is 0.254 e. The molecule has 0 heterocycles. The minimum atomic E-state index is -1.15. The number of carbonyl (C=O) groups excluding carboxylic acids is 1. The van der Waals surface area contributed by atoms with Crippen LogP contribution in [-0.4, -0.2) is 32.1 Å². The van der Waals surface area contributed by atoms with Gasteiger partial charge >= 0.3 is 0 Å². The predicted molar refractivity (Wildman–Crippen MR) is 115 cm³/mol. The number of rotatable bonds is 10. The Kier molecular flexibility index (Phi) is 10.1. The van der Waals surface area contributed by atoms with Crippen molar-refractivity contribution in [1.29, 1.82) is 5.41 Å². The van der Waals surface area contributed by atoms with Crippen LogP contribution in [0.4, 0.5) is 4.39 Å². The van der Waals surface area contributed by atoms with Crippen molar-refractivity contribution in [2.24, 2.45) is 5.73 Å². The number of amidine groups is 1. The molecule has 1 atom stereocenters. The van der Waals surface area contributed by atoms with E-state index in [1.165, 1.54) is 13.2 Å². The van der Waals surface area contributed by atoms with Crippen LogP contribution in [0.5, 0.6) is 11.5 Å². The Bertz CT molecular complexity index is 862. The molecule has 0 fully saturated rings. The van der Waals surface area contributed by atoms with Gasteiger partial charge in [-0.3, -0.25) is 10.2 Å². The largest absolute Gasteiger partial charge is 0.490 e. The average molecular weight is 440 g/mol. The summed E-state index contributed by atoms with van der Waals surface area (Å²) in [6.45, 7) is 4.35. The summed E-state index contributed by atoms with van der Waals surface area (Å²) >= 11 is 0. The highest BCUT2D eigenvalue weighted by Crippen LogP contribution is 2.36. The van der Waals surface area contributed by atoms with Gasteiger partial charge in [0.25, 0.3) is 5.91 Å². The third kappa shape index (κ3) is 6.08. The van der Waals surface area contributed by atoms with E-state index in [0.29, 0.717) is 12.2 Å². The van der Waals surface area contributed by atoms with Gasteiger partial charge in [-0.15, -0.1) is 12.4 Å². The molecule has 30 heavy (non-hydrogen) atoms. The molecular weight excluding hydrogens is 413 g/mol. The molecule has 1 amide bonds. The van der Waals surface area contributed by atoms with Gasteiger partial charge in [-0.05, 0) is 31.5 Å². The maximum absolute atomic E-state index is 15.0. The van der Waals surface area contributed by atoms with E-state index in [0.717, 1.165) is 5.56 Å². The Balaban J connectivity index is 0.00000450. The first-order valence-corrected chi connectivity index (χ1v) is 9.24. The van der Waals surface area contributed by atoms with Crippen LogP contribution in [0.2, 0.25) is 0 Å². The molecular formula is C21H27ClFN3O4. The summed E-state index contributed by atoms with van der Waals surface area (Å²) in [5.41, 5.74) is 6.89. The van der Waals surface area contributed by atoms with Crippen LogP contribution in [0.3, 0.4) is 0 Å². The zero-order valence-electron chi connectivity index (χ0n) is 17.2. The summed E-state index contributed by atoms with van der Waals surface area (Å²) in [6, 6.07) is 9.91. The molecule has 164 valence electrons. The van der Waals surface area contributed by atoms with Crippen LogP contribution < -0.4 is 20.5 Å². The Morgan fingerprint density at radius 2 is 1.77 bits per heavy atom. The number of ether oxygens (including phenoxy) is 3. The molecule has 0 aliphatic rings. The van der Waals surface area contributed by atoms with E-state index in [4.69, 9.17) is 25.4 Å². The lowest BCUT2D eigenvalue weighted by atomic mass is 10.1. The van der Waals surface area contributed by atoms with E-state index in [2.05, 4.69) is 5.32 Å². The van der Waals surface area contributed by atoms with Gasteiger partial charge in [-0.25, -0.2) is 4.39 Å². The minimum absolute atomic E-state index is 0.